The molecule has 0 spiro atoms. The summed E-state index contributed by atoms with van der Waals surface area (Å²) in [4.78, 5) is 3.62. The van der Waals surface area contributed by atoms with E-state index in [0.29, 0.717) is 0 Å². The van der Waals surface area contributed by atoms with Crippen molar-refractivity contribution in [3.8, 4) is 0 Å². The molecule has 0 bridgehead atoms. The van der Waals surface area contributed by atoms with Gasteiger partial charge in [0.25, 0.3) is 0 Å². The van der Waals surface area contributed by atoms with Crippen LogP contribution in [0.15, 0.2) is 12.4 Å². The van der Waals surface area contributed by atoms with Crippen molar-refractivity contribution in [2.24, 2.45) is 0 Å². The van der Waals surface area contributed by atoms with Crippen LogP contribution in [0, 0.1) is 5.21 Å². The Kier molecular flexibility index (Phi) is 3.80. The SMILES string of the molecule is [O-][NH+](O)c1nccn1COCCO. The summed E-state index contributed by atoms with van der Waals surface area (Å²) in [7, 11) is 0. The Labute approximate surface area is 74.3 Å². The molecule has 1 aromatic rings. The molecule has 1 unspecified atom stereocenters. The molecule has 1 heterocycles. The van der Waals surface area contributed by atoms with Crippen LogP contribution in [0.2, 0.25) is 0 Å². The molecular weight excluding hydrogens is 178 g/mol. The van der Waals surface area contributed by atoms with Crippen LogP contribution in [0.3, 0.4) is 0 Å². The first-order chi connectivity index (χ1) is 6.25. The van der Waals surface area contributed by atoms with E-state index < -0.39 is 5.23 Å². The Morgan fingerprint density at radius 1 is 1.69 bits per heavy atom. The summed E-state index contributed by atoms with van der Waals surface area (Å²) in [6, 6.07) is 0. The van der Waals surface area contributed by atoms with E-state index in [-0.39, 0.29) is 25.9 Å². The van der Waals surface area contributed by atoms with Crippen molar-refractivity contribution in [3.05, 3.63) is 17.6 Å². The summed E-state index contributed by atoms with van der Waals surface area (Å²) in [5.74, 6) is -0.0714. The third kappa shape index (κ3) is 2.76. The highest BCUT2D eigenvalue weighted by molar-refractivity contribution is 5.04. The third-order valence-electron chi connectivity index (χ3n) is 1.37. The van der Waals surface area contributed by atoms with Crippen LogP contribution in [-0.2, 0) is 11.5 Å². The molecule has 7 heteroatoms. The zero-order chi connectivity index (χ0) is 9.68. The van der Waals surface area contributed by atoms with E-state index in [4.69, 9.17) is 15.1 Å². The summed E-state index contributed by atoms with van der Waals surface area (Å²) in [5.41, 5.74) is 0. The van der Waals surface area contributed by atoms with Crippen LogP contribution >= 0.6 is 0 Å². The van der Waals surface area contributed by atoms with E-state index in [9.17, 15) is 5.21 Å². The summed E-state index contributed by atoms with van der Waals surface area (Å²) >= 11 is 0. The average molecular weight is 189 g/mol. The summed E-state index contributed by atoms with van der Waals surface area (Å²) in [6.07, 6.45) is 2.88. The van der Waals surface area contributed by atoms with Gasteiger partial charge in [-0.05, 0) is 0 Å². The Morgan fingerprint density at radius 2 is 2.46 bits per heavy atom. The lowest BCUT2D eigenvalue weighted by molar-refractivity contribution is -0.996. The maximum absolute atomic E-state index is 10.5. The molecule has 13 heavy (non-hydrogen) atoms. The predicted octanol–water partition coefficient (Wildman–Crippen LogP) is -1.75. The van der Waals surface area contributed by atoms with Gasteiger partial charge in [-0.2, -0.15) is 10.2 Å². The number of hydrogen-bond donors (Lipinski definition) is 3. The minimum Gasteiger partial charge on any atom is -0.592 e. The first kappa shape index (κ1) is 10.1. The first-order valence-corrected chi connectivity index (χ1v) is 3.68. The highest BCUT2D eigenvalue weighted by Gasteiger charge is 2.08. The molecule has 3 N–H and O–H groups in total. The van der Waals surface area contributed by atoms with Crippen LogP contribution in [0.1, 0.15) is 0 Å². The van der Waals surface area contributed by atoms with E-state index in [2.05, 4.69) is 4.98 Å². The van der Waals surface area contributed by atoms with Crippen LogP contribution < -0.4 is 5.23 Å². The van der Waals surface area contributed by atoms with Gasteiger partial charge in [0, 0.05) is 6.20 Å². The third-order valence-corrected chi connectivity index (χ3v) is 1.37. The lowest BCUT2D eigenvalue weighted by atomic mass is 10.8. The number of aliphatic hydroxyl groups is 1. The molecule has 0 saturated carbocycles. The fourth-order valence-electron chi connectivity index (χ4n) is 0.839. The van der Waals surface area contributed by atoms with Crippen LogP contribution in [0.5, 0.6) is 0 Å². The van der Waals surface area contributed by atoms with Gasteiger partial charge in [0.1, 0.15) is 6.73 Å². The molecule has 0 aliphatic heterocycles. The number of aliphatic hydroxyl groups excluding tert-OH is 1. The largest absolute Gasteiger partial charge is 0.592 e. The number of nitrogens with one attached hydrogen (secondary N) is 1. The molecule has 0 radical (unpaired) electrons. The van der Waals surface area contributed by atoms with Crippen LogP contribution in [0.25, 0.3) is 0 Å². The monoisotopic (exact) mass is 189 g/mol. The van der Waals surface area contributed by atoms with Crippen molar-refractivity contribution in [1.29, 1.82) is 0 Å². The van der Waals surface area contributed by atoms with Crippen molar-refractivity contribution < 1.29 is 20.3 Å². The lowest BCUT2D eigenvalue weighted by Crippen LogP contribution is -3.00. The molecular formula is C6H11N3O4. The first-order valence-electron chi connectivity index (χ1n) is 3.68. The van der Waals surface area contributed by atoms with Gasteiger partial charge >= 0.3 is 5.95 Å². The number of quaternary nitrogens is 1. The standard InChI is InChI=1S/C6H11N3O4/c10-3-4-13-5-8-2-1-7-6(8)9(11)12/h1-2,9-11H,3-5H2. The van der Waals surface area contributed by atoms with Gasteiger partial charge in [-0.15, -0.1) is 0 Å². The number of hydrogen-bond acceptors (Lipinski definition) is 5. The van der Waals surface area contributed by atoms with Gasteiger partial charge in [0.2, 0.25) is 0 Å². The Bertz CT molecular complexity index is 250. The smallest absolute Gasteiger partial charge is 0.342 e. The fourth-order valence-corrected chi connectivity index (χ4v) is 0.839. The highest BCUT2D eigenvalue weighted by atomic mass is 16.8. The molecule has 0 aliphatic rings. The van der Waals surface area contributed by atoms with Gasteiger partial charge in [-0.25, -0.2) is 5.21 Å². The van der Waals surface area contributed by atoms with E-state index in [1.54, 1.807) is 0 Å². The quantitative estimate of drug-likeness (QED) is 0.377. The number of rotatable bonds is 5. The summed E-state index contributed by atoms with van der Waals surface area (Å²) < 4.78 is 6.27. The normalized spacial score (nSPS) is 13.2. The molecule has 0 fully saturated rings. The Morgan fingerprint density at radius 3 is 3.08 bits per heavy atom. The van der Waals surface area contributed by atoms with Crippen molar-refractivity contribution >= 4 is 5.95 Å². The summed E-state index contributed by atoms with van der Waals surface area (Å²) in [5, 5.41) is 26.5. The maximum Gasteiger partial charge on any atom is 0.342 e. The molecule has 74 valence electrons. The minimum absolute atomic E-state index is 0.0714. The second kappa shape index (κ2) is 4.90. The Balaban J connectivity index is 2.50. The lowest BCUT2D eigenvalue weighted by Gasteiger charge is -2.12. The van der Waals surface area contributed by atoms with E-state index in [1.165, 1.54) is 17.0 Å². The van der Waals surface area contributed by atoms with E-state index in [0.717, 1.165) is 0 Å². The van der Waals surface area contributed by atoms with E-state index >= 15 is 0 Å². The van der Waals surface area contributed by atoms with Gasteiger partial charge in [-0.1, -0.05) is 0 Å². The molecule has 1 rings (SSSR count). The van der Waals surface area contributed by atoms with Gasteiger partial charge < -0.3 is 15.1 Å². The molecule has 7 nitrogen and oxygen atoms in total. The highest BCUT2D eigenvalue weighted by Crippen LogP contribution is 1.97. The van der Waals surface area contributed by atoms with Crippen molar-refractivity contribution in [3.63, 3.8) is 0 Å². The van der Waals surface area contributed by atoms with Crippen molar-refractivity contribution in [1.82, 2.24) is 9.55 Å². The van der Waals surface area contributed by atoms with Gasteiger partial charge in [0.05, 0.1) is 19.4 Å². The maximum atomic E-state index is 10.5. The second-order valence-electron chi connectivity index (χ2n) is 2.29. The molecule has 0 aliphatic carbocycles. The molecule has 0 aromatic carbocycles. The molecule has 0 amide bonds. The minimum atomic E-state index is -1.10. The number of nitrogens with zero attached hydrogens (tertiary/aromatic N) is 2. The topological polar surface area (TPSA) is 95.0 Å². The molecule has 1 aromatic heterocycles. The molecule has 0 saturated heterocycles. The van der Waals surface area contributed by atoms with Crippen molar-refractivity contribution in [2.75, 3.05) is 13.2 Å². The van der Waals surface area contributed by atoms with E-state index in [1.807, 2.05) is 0 Å². The zero-order valence-corrected chi connectivity index (χ0v) is 6.88. The van der Waals surface area contributed by atoms with Crippen LogP contribution in [-0.4, -0.2) is 33.1 Å². The number of aromatic nitrogens is 2. The second-order valence-corrected chi connectivity index (χ2v) is 2.29. The predicted molar refractivity (Wildman–Crippen MR) is 41.0 cm³/mol. The zero-order valence-electron chi connectivity index (χ0n) is 6.88. The van der Waals surface area contributed by atoms with Gasteiger partial charge in [-0.3, -0.25) is 4.57 Å². The number of ether oxygens (including phenoxy) is 1. The van der Waals surface area contributed by atoms with Gasteiger partial charge in [0.15, 0.2) is 0 Å². The fraction of sp³-hybridized carbons (Fsp3) is 0.500. The summed E-state index contributed by atoms with van der Waals surface area (Å²) in [6.45, 7) is 0.177. The van der Waals surface area contributed by atoms with Crippen LogP contribution in [0.4, 0.5) is 5.95 Å². The number of imidazole rings is 1. The molecule has 1 atom stereocenters. The average Bonchev–Trinajstić information content (AvgIpc) is 2.53. The van der Waals surface area contributed by atoms with Crippen molar-refractivity contribution in [2.45, 2.75) is 6.73 Å². The Hall–Kier alpha value is -0.990.